The molecular weight excluding hydrogens is 342 g/mol. The van der Waals surface area contributed by atoms with Crippen molar-refractivity contribution in [3.63, 3.8) is 0 Å². The van der Waals surface area contributed by atoms with E-state index < -0.39 is 0 Å². The summed E-state index contributed by atoms with van der Waals surface area (Å²) in [6, 6.07) is 11.6. The smallest absolute Gasteiger partial charge is 0.270 e. The van der Waals surface area contributed by atoms with Crippen LogP contribution in [-0.2, 0) is 6.42 Å². The maximum atomic E-state index is 12.7. The number of nitrogens with zero attached hydrogens (tertiary/aromatic N) is 3. The number of imidazole rings is 2. The van der Waals surface area contributed by atoms with Crippen molar-refractivity contribution in [2.24, 2.45) is 0 Å². The van der Waals surface area contributed by atoms with Crippen molar-refractivity contribution in [3.05, 3.63) is 59.8 Å². The highest BCUT2D eigenvalue weighted by Crippen LogP contribution is 2.22. The Morgan fingerprint density at radius 2 is 2.07 bits per heavy atom. The zero-order valence-electron chi connectivity index (χ0n) is 15.3. The van der Waals surface area contributed by atoms with Gasteiger partial charge in [-0.1, -0.05) is 12.1 Å². The number of aryl methyl sites for hydroxylation is 1. The van der Waals surface area contributed by atoms with Gasteiger partial charge in [0, 0.05) is 19.2 Å². The first kappa shape index (κ1) is 17.1. The number of H-pyrrole nitrogens is 1. The van der Waals surface area contributed by atoms with E-state index in [1.54, 1.807) is 4.40 Å². The number of amides is 1. The van der Waals surface area contributed by atoms with Crippen LogP contribution in [0.2, 0.25) is 0 Å². The van der Waals surface area contributed by atoms with Crippen molar-refractivity contribution in [1.82, 2.24) is 24.7 Å². The summed E-state index contributed by atoms with van der Waals surface area (Å²) in [5, 5.41) is 2.96. The van der Waals surface area contributed by atoms with Gasteiger partial charge in [0.1, 0.15) is 11.5 Å². The van der Waals surface area contributed by atoms with Gasteiger partial charge in [-0.15, -0.1) is 0 Å². The average molecular weight is 363 g/mol. The van der Waals surface area contributed by atoms with E-state index in [1.165, 1.54) is 0 Å². The molecule has 7 nitrogen and oxygen atoms in total. The Labute approximate surface area is 156 Å². The number of hydrogen-bond donors (Lipinski definition) is 2. The molecular formula is C20H21N5O2. The molecule has 0 radical (unpaired) electrons. The van der Waals surface area contributed by atoms with Crippen molar-refractivity contribution in [3.8, 4) is 5.75 Å². The number of fused-ring (bicyclic) bond motifs is 2. The normalized spacial score (nSPS) is 11.2. The van der Waals surface area contributed by atoms with Crippen LogP contribution in [0, 0.1) is 6.92 Å². The predicted molar refractivity (Wildman–Crippen MR) is 103 cm³/mol. The summed E-state index contributed by atoms with van der Waals surface area (Å²) >= 11 is 0. The SMILES string of the molecule is CCOc1cccn2c(C(=O)NCCc3nc4ccccc4[nH]3)c(C)nc12. The lowest BCUT2D eigenvalue weighted by atomic mass is 10.3. The third-order valence-electron chi connectivity index (χ3n) is 4.39. The minimum atomic E-state index is -0.162. The second kappa shape index (κ2) is 7.11. The molecule has 4 rings (SSSR count). The molecule has 0 aliphatic carbocycles. The third-order valence-corrected chi connectivity index (χ3v) is 4.39. The Bertz CT molecular complexity index is 1080. The van der Waals surface area contributed by atoms with Crippen LogP contribution in [0.15, 0.2) is 42.6 Å². The number of para-hydroxylation sites is 2. The first-order valence-corrected chi connectivity index (χ1v) is 8.99. The second-order valence-corrected chi connectivity index (χ2v) is 6.25. The molecule has 1 amide bonds. The lowest BCUT2D eigenvalue weighted by Gasteiger charge is -2.07. The largest absolute Gasteiger partial charge is 0.490 e. The van der Waals surface area contributed by atoms with Crippen LogP contribution < -0.4 is 10.1 Å². The molecule has 7 heteroatoms. The highest BCUT2D eigenvalue weighted by Gasteiger charge is 2.18. The summed E-state index contributed by atoms with van der Waals surface area (Å²) < 4.78 is 7.38. The van der Waals surface area contributed by atoms with Crippen molar-refractivity contribution < 1.29 is 9.53 Å². The Morgan fingerprint density at radius 3 is 2.89 bits per heavy atom. The molecule has 0 aliphatic rings. The number of nitrogens with one attached hydrogen (secondary N) is 2. The molecule has 0 atom stereocenters. The highest BCUT2D eigenvalue weighted by molar-refractivity contribution is 5.95. The first-order valence-electron chi connectivity index (χ1n) is 8.99. The van der Waals surface area contributed by atoms with Crippen LogP contribution >= 0.6 is 0 Å². The van der Waals surface area contributed by atoms with Gasteiger partial charge in [0.2, 0.25) is 0 Å². The number of rotatable bonds is 6. The fourth-order valence-electron chi connectivity index (χ4n) is 3.20. The number of aromatic amines is 1. The number of carbonyl (C=O) groups is 1. The number of ether oxygens (including phenoxy) is 1. The van der Waals surface area contributed by atoms with Crippen LogP contribution in [-0.4, -0.2) is 38.4 Å². The quantitative estimate of drug-likeness (QED) is 0.552. The standard InChI is InChI=1S/C20H21N5O2/c1-3-27-16-9-6-12-25-18(13(2)22-19(16)25)20(26)21-11-10-17-23-14-7-4-5-8-15(14)24-17/h4-9,12H,3,10-11H2,1-2H3,(H,21,26)(H,23,24). The number of hydrogen-bond acceptors (Lipinski definition) is 4. The van der Waals surface area contributed by atoms with E-state index in [0.29, 0.717) is 42.4 Å². The molecule has 0 spiro atoms. The van der Waals surface area contributed by atoms with E-state index in [2.05, 4.69) is 20.3 Å². The molecule has 0 aliphatic heterocycles. The zero-order valence-corrected chi connectivity index (χ0v) is 15.3. The van der Waals surface area contributed by atoms with Gasteiger partial charge in [0.25, 0.3) is 5.91 Å². The summed E-state index contributed by atoms with van der Waals surface area (Å²) in [7, 11) is 0. The molecule has 4 aromatic rings. The maximum absolute atomic E-state index is 12.7. The van der Waals surface area contributed by atoms with Gasteiger partial charge >= 0.3 is 0 Å². The Balaban J connectivity index is 1.49. The molecule has 1 aromatic carbocycles. The number of aromatic nitrogens is 4. The molecule has 0 saturated heterocycles. The van der Waals surface area contributed by atoms with Crippen molar-refractivity contribution in [2.45, 2.75) is 20.3 Å². The molecule has 27 heavy (non-hydrogen) atoms. The fraction of sp³-hybridized carbons (Fsp3) is 0.250. The minimum absolute atomic E-state index is 0.162. The van der Waals surface area contributed by atoms with Crippen molar-refractivity contribution in [1.29, 1.82) is 0 Å². The average Bonchev–Trinajstić information content (AvgIpc) is 3.22. The van der Waals surface area contributed by atoms with Crippen LogP contribution in [0.25, 0.3) is 16.7 Å². The predicted octanol–water partition coefficient (Wildman–Crippen LogP) is 2.89. The van der Waals surface area contributed by atoms with E-state index in [0.717, 1.165) is 16.9 Å². The summed E-state index contributed by atoms with van der Waals surface area (Å²) in [6.45, 7) is 4.78. The van der Waals surface area contributed by atoms with Crippen LogP contribution in [0.1, 0.15) is 28.9 Å². The Hall–Kier alpha value is -3.35. The third kappa shape index (κ3) is 3.23. The van der Waals surface area contributed by atoms with E-state index in [9.17, 15) is 4.79 Å². The van der Waals surface area contributed by atoms with Crippen LogP contribution in [0.5, 0.6) is 5.75 Å². The van der Waals surface area contributed by atoms with E-state index in [4.69, 9.17) is 4.74 Å². The van der Waals surface area contributed by atoms with Gasteiger partial charge in [-0.3, -0.25) is 9.20 Å². The summed E-state index contributed by atoms with van der Waals surface area (Å²) in [6.07, 6.45) is 2.45. The van der Waals surface area contributed by atoms with Gasteiger partial charge in [0.05, 0.1) is 23.3 Å². The number of benzene rings is 1. The monoisotopic (exact) mass is 363 g/mol. The van der Waals surface area contributed by atoms with Crippen LogP contribution in [0.3, 0.4) is 0 Å². The maximum Gasteiger partial charge on any atom is 0.270 e. The van der Waals surface area contributed by atoms with E-state index >= 15 is 0 Å². The van der Waals surface area contributed by atoms with Crippen molar-refractivity contribution >= 4 is 22.6 Å². The van der Waals surface area contributed by atoms with Gasteiger partial charge in [-0.05, 0) is 38.1 Å². The molecule has 0 saturated carbocycles. The van der Waals surface area contributed by atoms with Gasteiger partial charge in [-0.25, -0.2) is 9.97 Å². The minimum Gasteiger partial charge on any atom is -0.490 e. The molecule has 3 aromatic heterocycles. The fourth-order valence-corrected chi connectivity index (χ4v) is 3.20. The lowest BCUT2D eigenvalue weighted by Crippen LogP contribution is -2.27. The Morgan fingerprint density at radius 1 is 1.22 bits per heavy atom. The van der Waals surface area contributed by atoms with Crippen molar-refractivity contribution in [2.75, 3.05) is 13.2 Å². The van der Waals surface area contributed by atoms with Gasteiger partial charge in [-0.2, -0.15) is 0 Å². The van der Waals surface area contributed by atoms with E-state index in [-0.39, 0.29) is 5.91 Å². The lowest BCUT2D eigenvalue weighted by molar-refractivity contribution is 0.0947. The van der Waals surface area contributed by atoms with Crippen LogP contribution in [0.4, 0.5) is 0 Å². The topological polar surface area (TPSA) is 84.3 Å². The number of carbonyl (C=O) groups excluding carboxylic acids is 1. The molecule has 0 unspecified atom stereocenters. The van der Waals surface area contributed by atoms with Gasteiger partial charge < -0.3 is 15.0 Å². The summed E-state index contributed by atoms with van der Waals surface area (Å²) in [4.78, 5) is 25.0. The second-order valence-electron chi connectivity index (χ2n) is 6.25. The number of pyridine rings is 1. The first-order chi connectivity index (χ1) is 13.2. The molecule has 2 N–H and O–H groups in total. The highest BCUT2D eigenvalue weighted by atomic mass is 16.5. The summed E-state index contributed by atoms with van der Waals surface area (Å²) in [5.41, 5.74) is 3.78. The summed E-state index contributed by atoms with van der Waals surface area (Å²) in [5.74, 6) is 1.36. The molecule has 0 bridgehead atoms. The molecule has 138 valence electrons. The molecule has 0 fully saturated rings. The van der Waals surface area contributed by atoms with Gasteiger partial charge in [0.15, 0.2) is 11.4 Å². The van der Waals surface area contributed by atoms with E-state index in [1.807, 2.05) is 56.4 Å². The Kier molecular flexibility index (Phi) is 4.50. The molecule has 3 heterocycles. The zero-order chi connectivity index (χ0) is 18.8.